The summed E-state index contributed by atoms with van der Waals surface area (Å²) >= 11 is 0. The third-order valence-corrected chi connectivity index (χ3v) is 5.30. The molecule has 1 aromatic heterocycles. The summed E-state index contributed by atoms with van der Waals surface area (Å²) in [7, 11) is 0. The van der Waals surface area contributed by atoms with E-state index in [4.69, 9.17) is 0 Å². The first kappa shape index (κ1) is 19.1. The Labute approximate surface area is 170 Å². The van der Waals surface area contributed by atoms with Crippen LogP contribution in [-0.4, -0.2) is 52.8 Å². The van der Waals surface area contributed by atoms with Crippen molar-refractivity contribution in [1.29, 1.82) is 0 Å². The minimum Gasteiger partial charge on any atom is -0.332 e. The van der Waals surface area contributed by atoms with E-state index in [1.54, 1.807) is 23.2 Å². The standard InChI is InChI=1S/C23H24N4O2/c1-17-9-10-20(15-24-17)25-22(28)23(29)27-13-11-26(12-14-27)16-19-7-4-6-18-5-2-3-8-21(18)19/h2-10,15H,11-14,16H2,1H3,(H,25,28). The molecule has 1 fully saturated rings. The molecule has 0 unspecified atom stereocenters. The molecule has 0 saturated carbocycles. The van der Waals surface area contributed by atoms with E-state index in [1.807, 2.05) is 13.0 Å². The van der Waals surface area contributed by atoms with Gasteiger partial charge in [-0.05, 0) is 35.4 Å². The lowest BCUT2D eigenvalue weighted by molar-refractivity contribution is -0.144. The molecule has 1 saturated heterocycles. The summed E-state index contributed by atoms with van der Waals surface area (Å²) in [5.41, 5.74) is 2.67. The summed E-state index contributed by atoms with van der Waals surface area (Å²) in [4.78, 5) is 32.8. The Balaban J connectivity index is 1.33. The fourth-order valence-corrected chi connectivity index (χ4v) is 3.65. The van der Waals surface area contributed by atoms with Crippen LogP contribution in [0.15, 0.2) is 60.8 Å². The second-order valence-corrected chi connectivity index (χ2v) is 7.35. The molecule has 6 nitrogen and oxygen atoms in total. The monoisotopic (exact) mass is 388 g/mol. The minimum absolute atomic E-state index is 0.490. The molecule has 0 atom stereocenters. The molecule has 3 aromatic rings. The van der Waals surface area contributed by atoms with Crippen molar-refractivity contribution >= 4 is 28.3 Å². The lowest BCUT2D eigenvalue weighted by Gasteiger charge is -2.34. The van der Waals surface area contributed by atoms with E-state index in [-0.39, 0.29) is 0 Å². The maximum absolute atomic E-state index is 12.5. The Morgan fingerprint density at radius 3 is 2.48 bits per heavy atom. The smallest absolute Gasteiger partial charge is 0.313 e. The van der Waals surface area contributed by atoms with Gasteiger partial charge in [0.2, 0.25) is 0 Å². The van der Waals surface area contributed by atoms with E-state index in [9.17, 15) is 9.59 Å². The molecule has 0 aliphatic carbocycles. The number of hydrogen-bond donors (Lipinski definition) is 1. The highest BCUT2D eigenvalue weighted by atomic mass is 16.2. The molecule has 2 amide bonds. The highest BCUT2D eigenvalue weighted by Gasteiger charge is 2.26. The van der Waals surface area contributed by atoms with Gasteiger partial charge in [0.15, 0.2) is 0 Å². The summed E-state index contributed by atoms with van der Waals surface area (Å²) in [6, 6.07) is 18.3. The molecule has 4 rings (SSSR count). The van der Waals surface area contributed by atoms with Crippen LogP contribution in [0.3, 0.4) is 0 Å². The Kier molecular flexibility index (Phi) is 5.53. The van der Waals surface area contributed by atoms with Crippen LogP contribution in [0.2, 0.25) is 0 Å². The summed E-state index contributed by atoms with van der Waals surface area (Å²) in [5.74, 6) is -1.10. The highest BCUT2D eigenvalue weighted by Crippen LogP contribution is 2.20. The van der Waals surface area contributed by atoms with Crippen LogP contribution in [0.25, 0.3) is 10.8 Å². The quantitative estimate of drug-likeness (QED) is 0.701. The van der Waals surface area contributed by atoms with Gasteiger partial charge in [-0.2, -0.15) is 0 Å². The molecule has 29 heavy (non-hydrogen) atoms. The molecule has 148 valence electrons. The zero-order chi connectivity index (χ0) is 20.2. The predicted octanol–water partition coefficient (Wildman–Crippen LogP) is 2.83. The molecular weight excluding hydrogens is 364 g/mol. The van der Waals surface area contributed by atoms with Crippen molar-refractivity contribution in [2.45, 2.75) is 13.5 Å². The number of aryl methyl sites for hydroxylation is 1. The van der Waals surface area contributed by atoms with Gasteiger partial charge >= 0.3 is 11.8 Å². The average Bonchev–Trinajstić information content (AvgIpc) is 2.75. The number of carbonyl (C=O) groups excluding carboxylic acids is 2. The number of amides is 2. The number of fused-ring (bicyclic) bond motifs is 1. The molecule has 1 aliphatic heterocycles. The van der Waals surface area contributed by atoms with Gasteiger partial charge in [0.25, 0.3) is 0 Å². The molecule has 6 heteroatoms. The van der Waals surface area contributed by atoms with Crippen molar-refractivity contribution in [3.63, 3.8) is 0 Å². The van der Waals surface area contributed by atoms with Crippen molar-refractivity contribution in [2.75, 3.05) is 31.5 Å². The number of nitrogens with zero attached hydrogens (tertiary/aromatic N) is 3. The van der Waals surface area contributed by atoms with Crippen molar-refractivity contribution < 1.29 is 9.59 Å². The lowest BCUT2D eigenvalue weighted by atomic mass is 10.0. The van der Waals surface area contributed by atoms with E-state index >= 15 is 0 Å². The number of hydrogen-bond acceptors (Lipinski definition) is 4. The molecule has 0 radical (unpaired) electrons. The van der Waals surface area contributed by atoms with Gasteiger partial charge in [-0.25, -0.2) is 0 Å². The number of aromatic nitrogens is 1. The molecule has 2 aromatic carbocycles. The molecule has 0 bridgehead atoms. The van der Waals surface area contributed by atoms with Gasteiger partial charge in [-0.1, -0.05) is 42.5 Å². The number of nitrogens with one attached hydrogen (secondary N) is 1. The zero-order valence-corrected chi connectivity index (χ0v) is 16.5. The fourth-order valence-electron chi connectivity index (χ4n) is 3.65. The summed E-state index contributed by atoms with van der Waals surface area (Å²) in [6.45, 7) is 5.29. The fraction of sp³-hybridized carbons (Fsp3) is 0.261. The van der Waals surface area contributed by atoms with E-state index in [0.29, 0.717) is 18.8 Å². The first-order chi connectivity index (χ1) is 14.1. The molecule has 1 N–H and O–H groups in total. The topological polar surface area (TPSA) is 65.5 Å². The Hall–Kier alpha value is -3.25. The lowest BCUT2D eigenvalue weighted by Crippen LogP contribution is -2.51. The zero-order valence-electron chi connectivity index (χ0n) is 16.5. The number of piperazine rings is 1. The number of anilines is 1. The van der Waals surface area contributed by atoms with Crippen molar-refractivity contribution in [3.8, 4) is 0 Å². The maximum Gasteiger partial charge on any atom is 0.313 e. The van der Waals surface area contributed by atoms with Crippen LogP contribution < -0.4 is 5.32 Å². The van der Waals surface area contributed by atoms with Gasteiger partial charge in [0, 0.05) is 38.4 Å². The van der Waals surface area contributed by atoms with Crippen LogP contribution in [-0.2, 0) is 16.1 Å². The van der Waals surface area contributed by atoms with Gasteiger partial charge in [-0.3, -0.25) is 19.5 Å². The average molecular weight is 388 g/mol. The van der Waals surface area contributed by atoms with E-state index < -0.39 is 11.8 Å². The van der Waals surface area contributed by atoms with Crippen LogP contribution in [0.5, 0.6) is 0 Å². The van der Waals surface area contributed by atoms with Crippen LogP contribution in [0.4, 0.5) is 5.69 Å². The second kappa shape index (κ2) is 8.41. The van der Waals surface area contributed by atoms with Crippen molar-refractivity contribution in [2.24, 2.45) is 0 Å². The number of benzene rings is 2. The SMILES string of the molecule is Cc1ccc(NC(=O)C(=O)N2CCN(Cc3cccc4ccccc34)CC2)cn1. The molecule has 2 heterocycles. The normalized spacial score (nSPS) is 14.7. The number of pyridine rings is 1. The van der Waals surface area contributed by atoms with E-state index in [1.165, 1.54) is 16.3 Å². The van der Waals surface area contributed by atoms with Crippen molar-refractivity contribution in [3.05, 3.63) is 72.1 Å². The Morgan fingerprint density at radius 2 is 1.72 bits per heavy atom. The molecule has 1 aliphatic rings. The Morgan fingerprint density at radius 1 is 0.966 bits per heavy atom. The van der Waals surface area contributed by atoms with Gasteiger partial charge < -0.3 is 10.2 Å². The van der Waals surface area contributed by atoms with Crippen molar-refractivity contribution in [1.82, 2.24) is 14.8 Å². The third kappa shape index (κ3) is 4.43. The largest absolute Gasteiger partial charge is 0.332 e. The number of rotatable bonds is 3. The minimum atomic E-state index is -0.613. The second-order valence-electron chi connectivity index (χ2n) is 7.35. The van der Waals surface area contributed by atoms with Gasteiger partial charge in [0.1, 0.15) is 0 Å². The summed E-state index contributed by atoms with van der Waals surface area (Å²) in [5, 5.41) is 5.13. The van der Waals surface area contributed by atoms with Gasteiger partial charge in [-0.15, -0.1) is 0 Å². The Bertz CT molecular complexity index is 1020. The predicted molar refractivity (Wildman–Crippen MR) is 113 cm³/mol. The molecule has 0 spiro atoms. The van der Waals surface area contributed by atoms with Crippen LogP contribution >= 0.6 is 0 Å². The maximum atomic E-state index is 12.5. The third-order valence-electron chi connectivity index (χ3n) is 5.30. The van der Waals surface area contributed by atoms with E-state index in [2.05, 4.69) is 51.6 Å². The van der Waals surface area contributed by atoms with Gasteiger partial charge in [0.05, 0.1) is 11.9 Å². The first-order valence-corrected chi connectivity index (χ1v) is 9.82. The molecular formula is C23H24N4O2. The summed E-state index contributed by atoms with van der Waals surface area (Å²) < 4.78 is 0. The van der Waals surface area contributed by atoms with Crippen LogP contribution in [0, 0.1) is 6.92 Å². The highest BCUT2D eigenvalue weighted by molar-refractivity contribution is 6.39. The first-order valence-electron chi connectivity index (χ1n) is 9.82. The van der Waals surface area contributed by atoms with Crippen LogP contribution in [0.1, 0.15) is 11.3 Å². The van der Waals surface area contributed by atoms with E-state index in [0.717, 1.165) is 25.3 Å². The summed E-state index contributed by atoms with van der Waals surface area (Å²) in [6.07, 6.45) is 1.56. The number of carbonyl (C=O) groups is 2.